The molecule has 5 heteroatoms. The first-order valence-electron chi connectivity index (χ1n) is 7.12. The first-order chi connectivity index (χ1) is 11.2. The number of nitrogens with zero attached hydrogens (tertiary/aromatic N) is 2. The van der Waals surface area contributed by atoms with Crippen LogP contribution in [0, 0.1) is 0 Å². The number of thiazole rings is 1. The number of carbonyl (C=O) groups is 1. The van der Waals surface area contributed by atoms with E-state index >= 15 is 0 Å². The first kappa shape index (κ1) is 15.2. The molecule has 0 unspecified atom stereocenters. The molecule has 0 atom stereocenters. The highest BCUT2D eigenvalue weighted by Crippen LogP contribution is 2.20. The molecule has 0 spiro atoms. The van der Waals surface area contributed by atoms with Crippen LogP contribution < -0.4 is 4.80 Å². The molecule has 2 aromatic carbocycles. The van der Waals surface area contributed by atoms with E-state index in [1.807, 2.05) is 54.1 Å². The highest BCUT2D eigenvalue weighted by molar-refractivity contribution is 7.07. The summed E-state index contributed by atoms with van der Waals surface area (Å²) in [6, 6.07) is 17.2. The lowest BCUT2D eigenvalue weighted by Gasteiger charge is -2.04. The van der Waals surface area contributed by atoms with E-state index in [2.05, 4.69) is 10.4 Å². The van der Waals surface area contributed by atoms with Gasteiger partial charge in [0.1, 0.15) is 0 Å². The van der Waals surface area contributed by atoms with Crippen LogP contribution in [0.1, 0.15) is 10.4 Å². The molecule has 0 aliphatic heterocycles. The predicted octanol–water partition coefficient (Wildman–Crippen LogP) is 3.77. The van der Waals surface area contributed by atoms with Crippen molar-refractivity contribution >= 4 is 23.0 Å². The second-order valence-electron chi connectivity index (χ2n) is 4.98. The molecule has 0 bridgehead atoms. The summed E-state index contributed by atoms with van der Waals surface area (Å²) in [5, 5.41) is 2.06. The lowest BCUT2D eigenvalue weighted by atomic mass is 10.1. The first-order valence-corrected chi connectivity index (χ1v) is 8.00. The lowest BCUT2D eigenvalue weighted by molar-refractivity contribution is 0.0601. The summed E-state index contributed by atoms with van der Waals surface area (Å²) in [4.78, 5) is 17.1. The van der Waals surface area contributed by atoms with Crippen LogP contribution in [0.2, 0.25) is 0 Å². The van der Waals surface area contributed by atoms with Crippen LogP contribution in [0.3, 0.4) is 0 Å². The maximum Gasteiger partial charge on any atom is 0.337 e. The molecule has 1 aromatic heterocycles. The van der Waals surface area contributed by atoms with E-state index in [4.69, 9.17) is 4.74 Å². The maximum absolute atomic E-state index is 11.5. The summed E-state index contributed by atoms with van der Waals surface area (Å²) >= 11 is 1.59. The highest BCUT2D eigenvalue weighted by Gasteiger charge is 2.08. The molecule has 0 fully saturated rings. The average molecular weight is 324 g/mol. The number of hydrogen-bond acceptors (Lipinski definition) is 4. The van der Waals surface area contributed by atoms with Gasteiger partial charge in [-0.3, -0.25) is 0 Å². The Kier molecular flexibility index (Phi) is 4.39. The maximum atomic E-state index is 11.5. The minimum absolute atomic E-state index is 0.328. The van der Waals surface area contributed by atoms with Gasteiger partial charge in [0.05, 0.1) is 24.1 Å². The zero-order valence-corrected chi connectivity index (χ0v) is 13.7. The molecule has 116 valence electrons. The van der Waals surface area contributed by atoms with E-state index in [-0.39, 0.29) is 5.97 Å². The standard InChI is InChI=1S/C18H16N2O2S/c1-20-16(13-8-10-14(11-9-13)17(21)22-2)12-23-18(20)19-15-6-4-3-5-7-15/h3-12H,1-2H3. The highest BCUT2D eigenvalue weighted by atomic mass is 32.1. The number of hydrogen-bond donors (Lipinski definition) is 0. The molecule has 0 aliphatic carbocycles. The van der Waals surface area contributed by atoms with Crippen LogP contribution in [-0.4, -0.2) is 17.6 Å². The van der Waals surface area contributed by atoms with Gasteiger partial charge in [0, 0.05) is 12.4 Å². The Labute approximate surface area is 138 Å². The van der Waals surface area contributed by atoms with Crippen LogP contribution in [0.4, 0.5) is 5.69 Å². The number of rotatable bonds is 3. The third-order valence-corrected chi connectivity index (χ3v) is 4.42. The molecule has 0 saturated carbocycles. The minimum atomic E-state index is -0.328. The van der Waals surface area contributed by atoms with Crippen LogP contribution in [0.25, 0.3) is 11.3 Å². The van der Waals surface area contributed by atoms with E-state index in [1.54, 1.807) is 23.5 Å². The van der Waals surface area contributed by atoms with Crippen molar-refractivity contribution in [3.05, 3.63) is 70.3 Å². The normalized spacial score (nSPS) is 11.5. The number of carbonyl (C=O) groups excluding carboxylic acids is 1. The number of esters is 1. The van der Waals surface area contributed by atoms with Gasteiger partial charge in [-0.1, -0.05) is 30.3 Å². The van der Waals surface area contributed by atoms with Crippen molar-refractivity contribution < 1.29 is 9.53 Å². The van der Waals surface area contributed by atoms with Crippen molar-refractivity contribution in [2.24, 2.45) is 12.0 Å². The quantitative estimate of drug-likeness (QED) is 0.688. The Morgan fingerprint density at radius 1 is 1.09 bits per heavy atom. The van der Waals surface area contributed by atoms with Gasteiger partial charge in [0.2, 0.25) is 0 Å². The Morgan fingerprint density at radius 3 is 2.43 bits per heavy atom. The fraction of sp³-hybridized carbons (Fsp3) is 0.111. The monoisotopic (exact) mass is 324 g/mol. The molecular weight excluding hydrogens is 308 g/mol. The molecule has 1 heterocycles. The lowest BCUT2D eigenvalue weighted by Crippen LogP contribution is -2.10. The zero-order valence-electron chi connectivity index (χ0n) is 12.9. The van der Waals surface area contributed by atoms with Gasteiger partial charge in [-0.2, -0.15) is 0 Å². The van der Waals surface area contributed by atoms with Gasteiger partial charge in [0.15, 0.2) is 4.80 Å². The van der Waals surface area contributed by atoms with Crippen LogP contribution >= 0.6 is 11.3 Å². The number of benzene rings is 2. The number of para-hydroxylation sites is 1. The third kappa shape index (κ3) is 3.24. The Hall–Kier alpha value is -2.66. The van der Waals surface area contributed by atoms with E-state index in [0.29, 0.717) is 5.56 Å². The van der Waals surface area contributed by atoms with Crippen molar-refractivity contribution in [3.63, 3.8) is 0 Å². The average Bonchev–Trinajstić information content (AvgIpc) is 2.96. The Balaban J connectivity index is 1.96. The smallest absolute Gasteiger partial charge is 0.337 e. The zero-order chi connectivity index (χ0) is 16.2. The van der Waals surface area contributed by atoms with E-state index in [9.17, 15) is 4.79 Å². The molecule has 3 rings (SSSR count). The van der Waals surface area contributed by atoms with Crippen molar-refractivity contribution in [2.45, 2.75) is 0 Å². The Bertz CT molecular complexity index is 877. The minimum Gasteiger partial charge on any atom is -0.465 e. The van der Waals surface area contributed by atoms with Crippen LogP contribution in [0.15, 0.2) is 65.0 Å². The van der Waals surface area contributed by atoms with Crippen molar-refractivity contribution in [3.8, 4) is 11.3 Å². The second kappa shape index (κ2) is 6.62. The molecule has 0 N–H and O–H groups in total. The van der Waals surface area contributed by atoms with Gasteiger partial charge >= 0.3 is 5.97 Å². The predicted molar refractivity (Wildman–Crippen MR) is 91.7 cm³/mol. The van der Waals surface area contributed by atoms with Gasteiger partial charge in [-0.15, -0.1) is 11.3 Å². The molecule has 0 aliphatic rings. The molecule has 0 saturated heterocycles. The van der Waals surface area contributed by atoms with E-state index in [1.165, 1.54) is 7.11 Å². The number of methoxy groups -OCH3 is 1. The SMILES string of the molecule is COC(=O)c1ccc(-c2csc(=Nc3ccccc3)n2C)cc1. The van der Waals surface area contributed by atoms with Crippen molar-refractivity contribution in [2.75, 3.05) is 7.11 Å². The largest absolute Gasteiger partial charge is 0.465 e. The van der Waals surface area contributed by atoms with Gasteiger partial charge in [0.25, 0.3) is 0 Å². The number of aromatic nitrogens is 1. The van der Waals surface area contributed by atoms with Gasteiger partial charge in [-0.25, -0.2) is 9.79 Å². The van der Waals surface area contributed by atoms with E-state index in [0.717, 1.165) is 21.7 Å². The molecule has 0 amide bonds. The molecule has 23 heavy (non-hydrogen) atoms. The summed E-state index contributed by atoms with van der Waals surface area (Å²) in [7, 11) is 3.37. The fourth-order valence-electron chi connectivity index (χ4n) is 2.24. The summed E-state index contributed by atoms with van der Waals surface area (Å²) in [6.07, 6.45) is 0. The summed E-state index contributed by atoms with van der Waals surface area (Å²) in [6.45, 7) is 0. The molecule has 4 nitrogen and oxygen atoms in total. The van der Waals surface area contributed by atoms with Gasteiger partial charge < -0.3 is 9.30 Å². The molecule has 0 radical (unpaired) electrons. The van der Waals surface area contributed by atoms with E-state index < -0.39 is 0 Å². The van der Waals surface area contributed by atoms with Crippen LogP contribution in [-0.2, 0) is 11.8 Å². The summed E-state index contributed by atoms with van der Waals surface area (Å²) < 4.78 is 6.77. The third-order valence-electron chi connectivity index (χ3n) is 3.51. The van der Waals surface area contributed by atoms with Crippen molar-refractivity contribution in [1.82, 2.24) is 4.57 Å². The molecular formula is C18H16N2O2S. The van der Waals surface area contributed by atoms with Gasteiger partial charge in [-0.05, 0) is 29.8 Å². The van der Waals surface area contributed by atoms with Crippen molar-refractivity contribution in [1.29, 1.82) is 0 Å². The number of ether oxygens (including phenoxy) is 1. The fourth-order valence-corrected chi connectivity index (χ4v) is 3.17. The summed E-state index contributed by atoms with van der Waals surface area (Å²) in [5.74, 6) is -0.328. The van der Waals surface area contributed by atoms with Crippen LogP contribution in [0.5, 0.6) is 0 Å². The topological polar surface area (TPSA) is 43.6 Å². The summed E-state index contributed by atoms with van der Waals surface area (Å²) in [5.41, 5.74) is 3.56. The second-order valence-corrected chi connectivity index (χ2v) is 5.82. The molecule has 3 aromatic rings. The Morgan fingerprint density at radius 2 is 1.78 bits per heavy atom.